The molecule has 5 aromatic carbocycles. The van der Waals surface area contributed by atoms with E-state index in [9.17, 15) is 34.5 Å². The fraction of sp³-hybridized carbons (Fsp3) is 0.537. The highest BCUT2D eigenvalue weighted by atomic mass is 16.6. The summed E-state index contributed by atoms with van der Waals surface area (Å²) in [5.74, 6) is -2.13. The van der Waals surface area contributed by atoms with Gasteiger partial charge in [0.1, 0.15) is 23.7 Å². The Morgan fingerprint density at radius 3 is 1.89 bits per heavy atom. The first-order chi connectivity index (χ1) is 33.8. The smallest absolute Gasteiger partial charge is 0.308 e. The Morgan fingerprint density at radius 1 is 0.700 bits per heavy atom. The highest BCUT2D eigenvalue weighted by molar-refractivity contribution is 6.39. The van der Waals surface area contributed by atoms with Crippen LogP contribution in [-0.4, -0.2) is 110 Å². The molecule has 5 aromatic rings. The van der Waals surface area contributed by atoms with Crippen LogP contribution in [0, 0.1) is 5.92 Å². The lowest BCUT2D eigenvalue weighted by Gasteiger charge is -2.31. The van der Waals surface area contributed by atoms with Crippen molar-refractivity contribution in [2.75, 3.05) is 59.2 Å². The lowest BCUT2D eigenvalue weighted by atomic mass is 9.77. The molecule has 376 valence electrons. The number of ether oxygens (including phenoxy) is 6. The number of nitrogens with one attached hydrogen (secondary N) is 1. The van der Waals surface area contributed by atoms with Gasteiger partial charge < -0.3 is 54.2 Å². The highest BCUT2D eigenvalue weighted by Gasteiger charge is 2.38. The van der Waals surface area contributed by atoms with Crippen molar-refractivity contribution < 1.29 is 63.2 Å². The SMILES string of the molecule is COCCOCCC(=O)OC1CCC(Cc2c(O)c3c(=O)cc(CO)c4c5c(CO)cc(NC6CCC(OC(=O)CCOCCCO)CC6)c6c(=O)c(OC)c7c(c(c2C=C(C)C7C(C)=O)c34)c65)CC1. The number of benzene rings is 5. The van der Waals surface area contributed by atoms with Crippen LogP contribution in [0.5, 0.6) is 11.5 Å². The Hall–Kier alpha value is -5.49. The summed E-state index contributed by atoms with van der Waals surface area (Å²) in [6.45, 7) is 3.85. The summed E-state index contributed by atoms with van der Waals surface area (Å²) in [5, 5.41) is 50.4. The van der Waals surface area contributed by atoms with Crippen LogP contribution < -0.4 is 20.9 Å². The number of esters is 2. The van der Waals surface area contributed by atoms with Crippen LogP contribution in [0.2, 0.25) is 0 Å². The standard InChI is InChI=1S/C54H65NO15/c1-28-22-36-37(23-30-6-10-34(11-7-30)69-41(62)15-19-68-21-20-65-3)52(63)47-39(60)25-32(27-58)44-43-31(26-57)24-38(55-33-8-12-35(13-9-33)70-40(61)14-18-67-17-5-16-56)46-49(43)50(45(36)48(44)47)51(42(28)29(2)59)54(66-4)53(46)64/h22,24-25,30,33-35,42,55-58,63H,5-21,23,26-27H2,1-4H3. The maximum atomic E-state index is 15.3. The van der Waals surface area contributed by atoms with Crippen molar-refractivity contribution in [3.05, 3.63) is 66.0 Å². The molecule has 5 N–H and O–H groups in total. The second-order valence-corrected chi connectivity index (χ2v) is 19.1. The van der Waals surface area contributed by atoms with E-state index in [2.05, 4.69) is 5.32 Å². The quantitative estimate of drug-likeness (QED) is 0.0217. The first-order valence-electron chi connectivity index (χ1n) is 24.6. The molecule has 16 nitrogen and oxygen atoms in total. The number of carbonyl (C=O) groups excluding carboxylic acids is 3. The first kappa shape index (κ1) is 50.9. The molecular weight excluding hydrogens is 903 g/mol. The molecule has 8 rings (SSSR count). The third kappa shape index (κ3) is 9.91. The van der Waals surface area contributed by atoms with Crippen molar-refractivity contribution in [3.8, 4) is 11.5 Å². The molecule has 0 spiro atoms. The number of carbonyl (C=O) groups is 3. The summed E-state index contributed by atoms with van der Waals surface area (Å²) in [6.07, 6.45) is 7.23. The van der Waals surface area contributed by atoms with Gasteiger partial charge >= 0.3 is 11.9 Å². The van der Waals surface area contributed by atoms with Gasteiger partial charge in [0.05, 0.1) is 76.3 Å². The third-order valence-corrected chi connectivity index (χ3v) is 14.6. The number of aliphatic hydroxyl groups is 3. The molecule has 0 saturated heterocycles. The van der Waals surface area contributed by atoms with Crippen LogP contribution in [-0.2, 0) is 57.7 Å². The van der Waals surface area contributed by atoms with E-state index in [1.165, 1.54) is 20.1 Å². The Balaban J connectivity index is 1.24. The minimum Gasteiger partial charge on any atom is -0.507 e. The topological polar surface area (TPSA) is 234 Å². The van der Waals surface area contributed by atoms with Gasteiger partial charge in [0.2, 0.25) is 5.43 Å². The molecule has 0 radical (unpaired) electrons. The number of aromatic hydroxyl groups is 1. The van der Waals surface area contributed by atoms with E-state index in [1.807, 2.05) is 13.0 Å². The van der Waals surface area contributed by atoms with Crippen LogP contribution in [0.25, 0.3) is 49.2 Å². The third-order valence-electron chi connectivity index (χ3n) is 14.6. The van der Waals surface area contributed by atoms with Crippen molar-refractivity contribution in [2.24, 2.45) is 5.92 Å². The van der Waals surface area contributed by atoms with Crippen LogP contribution in [0.3, 0.4) is 0 Å². The fourth-order valence-corrected chi connectivity index (χ4v) is 11.4. The molecule has 3 aliphatic rings. The Morgan fingerprint density at radius 2 is 1.30 bits per heavy atom. The zero-order valence-electron chi connectivity index (χ0n) is 40.5. The molecule has 2 fully saturated rings. The Bertz CT molecular complexity index is 2900. The molecule has 0 bridgehead atoms. The van der Waals surface area contributed by atoms with Crippen molar-refractivity contribution in [1.29, 1.82) is 0 Å². The van der Waals surface area contributed by atoms with Gasteiger partial charge in [-0.1, -0.05) is 11.6 Å². The van der Waals surface area contributed by atoms with Gasteiger partial charge in [-0.05, 0) is 134 Å². The van der Waals surface area contributed by atoms with Gasteiger partial charge in [0, 0.05) is 54.0 Å². The van der Waals surface area contributed by atoms with Gasteiger partial charge in [-0.3, -0.25) is 24.0 Å². The molecule has 16 heteroatoms. The van der Waals surface area contributed by atoms with Crippen LogP contribution in [0.15, 0.2) is 27.3 Å². The molecule has 3 aliphatic carbocycles. The fourth-order valence-electron chi connectivity index (χ4n) is 11.4. The number of phenolic OH excluding ortho intramolecular Hbond substituents is 1. The van der Waals surface area contributed by atoms with Gasteiger partial charge in [-0.2, -0.15) is 0 Å². The number of methoxy groups -OCH3 is 2. The maximum Gasteiger partial charge on any atom is 0.308 e. The number of allylic oxidation sites excluding steroid dienone is 1. The number of hydrogen-bond donors (Lipinski definition) is 5. The van der Waals surface area contributed by atoms with Crippen molar-refractivity contribution >= 4 is 72.6 Å². The number of rotatable bonds is 22. The lowest BCUT2D eigenvalue weighted by Crippen LogP contribution is -2.31. The van der Waals surface area contributed by atoms with Crippen LogP contribution in [0.4, 0.5) is 5.69 Å². The molecule has 0 aromatic heterocycles. The monoisotopic (exact) mass is 967 g/mol. The number of fused-ring (bicyclic) bond motifs is 1. The average Bonchev–Trinajstić information content (AvgIpc) is 3.47. The van der Waals surface area contributed by atoms with E-state index in [-0.39, 0.29) is 102 Å². The molecule has 70 heavy (non-hydrogen) atoms. The average molecular weight is 968 g/mol. The van der Waals surface area contributed by atoms with Gasteiger partial charge in [-0.25, -0.2) is 0 Å². The summed E-state index contributed by atoms with van der Waals surface area (Å²) >= 11 is 0. The summed E-state index contributed by atoms with van der Waals surface area (Å²) in [5.41, 5.74) is 2.14. The van der Waals surface area contributed by atoms with E-state index in [1.54, 1.807) is 13.2 Å². The number of ketones is 1. The number of Topliss-reactive ketones (excluding diaryl/α,β-unsaturated/α-hetero) is 1. The maximum absolute atomic E-state index is 15.3. The second kappa shape index (κ2) is 22.3. The summed E-state index contributed by atoms with van der Waals surface area (Å²) in [6, 6.07) is 2.87. The van der Waals surface area contributed by atoms with Crippen molar-refractivity contribution in [2.45, 2.75) is 128 Å². The minimum atomic E-state index is -0.962. The molecule has 2 saturated carbocycles. The summed E-state index contributed by atoms with van der Waals surface area (Å²) in [7, 11) is 2.97. The summed E-state index contributed by atoms with van der Waals surface area (Å²) in [4.78, 5) is 69.0. The molecule has 0 heterocycles. The Kier molecular flexibility index (Phi) is 16.2. The minimum absolute atomic E-state index is 0.0117. The van der Waals surface area contributed by atoms with E-state index >= 15 is 4.79 Å². The predicted octanol–water partition coefficient (Wildman–Crippen LogP) is 6.44. The Labute approximate surface area is 405 Å². The molecule has 1 atom stereocenters. The van der Waals surface area contributed by atoms with E-state index < -0.39 is 30.0 Å². The zero-order valence-corrected chi connectivity index (χ0v) is 40.5. The largest absolute Gasteiger partial charge is 0.507 e. The number of phenols is 1. The van der Waals surface area contributed by atoms with E-state index in [0.29, 0.717) is 150 Å². The second-order valence-electron chi connectivity index (χ2n) is 19.1. The summed E-state index contributed by atoms with van der Waals surface area (Å²) < 4.78 is 33.5. The van der Waals surface area contributed by atoms with Gasteiger partial charge in [-0.15, -0.1) is 0 Å². The normalized spacial score (nSPS) is 20.3. The number of aliphatic hydroxyl groups excluding tert-OH is 3. The van der Waals surface area contributed by atoms with Crippen LogP contribution in [0.1, 0.15) is 118 Å². The van der Waals surface area contributed by atoms with E-state index in [0.717, 1.165) is 0 Å². The lowest BCUT2D eigenvalue weighted by molar-refractivity contribution is -0.153. The van der Waals surface area contributed by atoms with Gasteiger partial charge in [0.25, 0.3) is 0 Å². The molecule has 0 amide bonds. The number of anilines is 1. The van der Waals surface area contributed by atoms with Crippen molar-refractivity contribution in [3.63, 3.8) is 0 Å². The first-order valence-corrected chi connectivity index (χ1v) is 24.6. The van der Waals surface area contributed by atoms with E-state index in [4.69, 9.17) is 33.5 Å². The molecule has 0 aliphatic heterocycles. The predicted molar refractivity (Wildman–Crippen MR) is 264 cm³/mol. The van der Waals surface area contributed by atoms with Gasteiger partial charge in [0.15, 0.2) is 11.2 Å². The van der Waals surface area contributed by atoms with Crippen LogP contribution >= 0.6 is 0 Å². The molecular formula is C54H65NO15. The number of hydrogen-bond acceptors (Lipinski definition) is 16. The van der Waals surface area contributed by atoms with Crippen molar-refractivity contribution in [1.82, 2.24) is 0 Å². The zero-order chi connectivity index (χ0) is 49.8. The highest BCUT2D eigenvalue weighted by Crippen LogP contribution is 2.54. The molecule has 1 unspecified atom stereocenters.